The molecule has 0 atom stereocenters. The minimum Gasteiger partial charge on any atom is -0.501 e. The van der Waals surface area contributed by atoms with E-state index in [-0.39, 0.29) is 0 Å². The SMILES string of the molecule is CCCCC/C(=C\OCC)P(=O)(OCC)OCC. The minimum absolute atomic E-state index is 0.370. The molecule has 0 saturated carbocycles. The van der Waals surface area contributed by atoms with Crippen molar-refractivity contribution in [2.75, 3.05) is 19.8 Å². The topological polar surface area (TPSA) is 44.8 Å². The Kier molecular flexibility index (Phi) is 10.4. The summed E-state index contributed by atoms with van der Waals surface area (Å²) in [5.74, 6) is 0. The second-order valence-electron chi connectivity index (χ2n) is 3.85. The van der Waals surface area contributed by atoms with E-state index in [4.69, 9.17) is 13.8 Å². The highest BCUT2D eigenvalue weighted by molar-refractivity contribution is 7.58. The first-order valence-corrected chi connectivity index (χ1v) is 8.39. The van der Waals surface area contributed by atoms with Crippen molar-refractivity contribution in [1.82, 2.24) is 0 Å². The fourth-order valence-corrected chi connectivity index (χ4v) is 3.26. The molecule has 0 aromatic rings. The van der Waals surface area contributed by atoms with E-state index in [0.717, 1.165) is 19.3 Å². The molecule has 0 unspecified atom stereocenters. The molecule has 0 aromatic carbocycles. The van der Waals surface area contributed by atoms with Gasteiger partial charge in [-0.15, -0.1) is 0 Å². The van der Waals surface area contributed by atoms with E-state index < -0.39 is 7.60 Å². The monoisotopic (exact) mass is 278 g/mol. The van der Waals surface area contributed by atoms with Crippen LogP contribution in [0.3, 0.4) is 0 Å². The van der Waals surface area contributed by atoms with Gasteiger partial charge < -0.3 is 13.8 Å². The van der Waals surface area contributed by atoms with Crippen molar-refractivity contribution in [3.8, 4) is 0 Å². The van der Waals surface area contributed by atoms with Crippen LogP contribution in [0.2, 0.25) is 0 Å². The maximum atomic E-state index is 12.6. The molecule has 0 amide bonds. The first-order chi connectivity index (χ1) is 8.64. The van der Waals surface area contributed by atoms with Crippen LogP contribution in [0.15, 0.2) is 11.6 Å². The Hall–Kier alpha value is -0.310. The van der Waals surface area contributed by atoms with Gasteiger partial charge in [0.15, 0.2) is 0 Å². The van der Waals surface area contributed by atoms with Gasteiger partial charge in [-0.3, -0.25) is 4.57 Å². The predicted molar refractivity (Wildman–Crippen MR) is 74.7 cm³/mol. The molecule has 0 bridgehead atoms. The zero-order valence-electron chi connectivity index (χ0n) is 12.1. The van der Waals surface area contributed by atoms with Crippen LogP contribution in [-0.4, -0.2) is 19.8 Å². The second-order valence-corrected chi connectivity index (χ2v) is 5.94. The third kappa shape index (κ3) is 6.58. The zero-order chi connectivity index (χ0) is 13.9. The Labute approximate surface area is 111 Å². The lowest BCUT2D eigenvalue weighted by Gasteiger charge is -2.19. The van der Waals surface area contributed by atoms with Gasteiger partial charge in [0.05, 0.1) is 31.4 Å². The van der Waals surface area contributed by atoms with Crippen molar-refractivity contribution in [3.05, 3.63) is 11.6 Å². The Morgan fingerprint density at radius 3 is 2.06 bits per heavy atom. The third-order valence-electron chi connectivity index (χ3n) is 2.37. The van der Waals surface area contributed by atoms with E-state index in [1.165, 1.54) is 0 Å². The van der Waals surface area contributed by atoms with Gasteiger partial charge in [0.1, 0.15) is 0 Å². The number of rotatable bonds is 11. The number of hydrogen-bond acceptors (Lipinski definition) is 4. The number of allylic oxidation sites excluding steroid dienone is 1. The maximum Gasteiger partial charge on any atom is 0.360 e. The molecule has 0 saturated heterocycles. The molecular formula is C13H27O4P. The molecule has 0 rings (SSSR count). The zero-order valence-corrected chi connectivity index (χ0v) is 13.0. The second kappa shape index (κ2) is 10.6. The Balaban J connectivity index is 4.80. The smallest absolute Gasteiger partial charge is 0.360 e. The van der Waals surface area contributed by atoms with E-state index in [9.17, 15) is 4.57 Å². The summed E-state index contributed by atoms with van der Waals surface area (Å²) < 4.78 is 28.6. The van der Waals surface area contributed by atoms with E-state index in [1.54, 1.807) is 6.26 Å². The normalized spacial score (nSPS) is 12.8. The van der Waals surface area contributed by atoms with Gasteiger partial charge in [-0.05, 0) is 33.6 Å². The molecule has 108 valence electrons. The van der Waals surface area contributed by atoms with E-state index in [0.29, 0.717) is 31.6 Å². The van der Waals surface area contributed by atoms with Crippen molar-refractivity contribution >= 4 is 7.60 Å². The molecule has 18 heavy (non-hydrogen) atoms. The summed E-state index contributed by atoms with van der Waals surface area (Å²) in [6.45, 7) is 8.95. The highest BCUT2D eigenvalue weighted by Gasteiger charge is 2.29. The highest BCUT2D eigenvalue weighted by atomic mass is 31.2. The van der Waals surface area contributed by atoms with Gasteiger partial charge in [0.2, 0.25) is 0 Å². The summed E-state index contributed by atoms with van der Waals surface area (Å²) in [4.78, 5) is 0. The molecule has 0 aliphatic heterocycles. The summed E-state index contributed by atoms with van der Waals surface area (Å²) in [6, 6.07) is 0. The number of hydrogen-bond donors (Lipinski definition) is 0. The number of unbranched alkanes of at least 4 members (excludes halogenated alkanes) is 2. The minimum atomic E-state index is -3.16. The van der Waals surface area contributed by atoms with Crippen LogP contribution in [0.25, 0.3) is 0 Å². The lowest BCUT2D eigenvalue weighted by molar-refractivity contribution is 0.220. The molecule has 0 aromatic heterocycles. The maximum absolute atomic E-state index is 12.6. The quantitative estimate of drug-likeness (QED) is 0.312. The van der Waals surface area contributed by atoms with Crippen molar-refractivity contribution < 1.29 is 18.3 Å². The Bertz CT molecular complexity index is 266. The predicted octanol–water partition coefficient (Wildman–Crippen LogP) is 4.71. The van der Waals surface area contributed by atoms with Gasteiger partial charge in [-0.1, -0.05) is 19.8 Å². The van der Waals surface area contributed by atoms with Crippen molar-refractivity contribution in [2.24, 2.45) is 0 Å². The van der Waals surface area contributed by atoms with Crippen molar-refractivity contribution in [3.63, 3.8) is 0 Å². The standard InChI is InChI=1S/C13H27O4P/c1-5-9-10-11-13(12-15-6-2)18(14,16-7-3)17-8-4/h12H,5-11H2,1-4H3/b13-12+. The average molecular weight is 278 g/mol. The van der Waals surface area contributed by atoms with E-state index >= 15 is 0 Å². The molecule has 0 spiro atoms. The van der Waals surface area contributed by atoms with Crippen LogP contribution in [-0.2, 0) is 18.3 Å². The van der Waals surface area contributed by atoms with Crippen LogP contribution >= 0.6 is 7.60 Å². The van der Waals surface area contributed by atoms with Crippen LogP contribution < -0.4 is 0 Å². The van der Waals surface area contributed by atoms with Gasteiger partial charge >= 0.3 is 7.60 Å². The van der Waals surface area contributed by atoms with Crippen LogP contribution in [0.4, 0.5) is 0 Å². The van der Waals surface area contributed by atoms with Gasteiger partial charge in [-0.25, -0.2) is 0 Å². The molecule has 5 heteroatoms. The molecule has 4 nitrogen and oxygen atoms in total. The molecule has 0 fully saturated rings. The van der Waals surface area contributed by atoms with Gasteiger partial charge in [0, 0.05) is 0 Å². The van der Waals surface area contributed by atoms with Crippen LogP contribution in [0, 0.1) is 0 Å². The van der Waals surface area contributed by atoms with E-state index in [2.05, 4.69) is 6.92 Å². The lowest BCUT2D eigenvalue weighted by atomic mass is 10.2. The van der Waals surface area contributed by atoms with Crippen molar-refractivity contribution in [2.45, 2.75) is 53.4 Å². The fourth-order valence-electron chi connectivity index (χ4n) is 1.54. The summed E-state index contributed by atoms with van der Waals surface area (Å²) in [5, 5.41) is 0.654. The first-order valence-electron chi connectivity index (χ1n) is 6.84. The summed E-state index contributed by atoms with van der Waals surface area (Å²) in [7, 11) is -3.16. The summed E-state index contributed by atoms with van der Waals surface area (Å²) >= 11 is 0. The third-order valence-corrected chi connectivity index (χ3v) is 4.60. The first kappa shape index (κ1) is 17.7. The van der Waals surface area contributed by atoms with Gasteiger partial charge in [-0.2, -0.15) is 0 Å². The van der Waals surface area contributed by atoms with Crippen LogP contribution in [0.1, 0.15) is 53.4 Å². The fraction of sp³-hybridized carbons (Fsp3) is 0.846. The largest absolute Gasteiger partial charge is 0.501 e. The Morgan fingerprint density at radius 2 is 1.61 bits per heavy atom. The summed E-state index contributed by atoms with van der Waals surface area (Å²) in [6.07, 6.45) is 5.45. The van der Waals surface area contributed by atoms with E-state index in [1.807, 2.05) is 20.8 Å². The molecule has 0 aliphatic rings. The lowest BCUT2D eigenvalue weighted by Crippen LogP contribution is -2.00. The molecular weight excluding hydrogens is 251 g/mol. The van der Waals surface area contributed by atoms with Crippen LogP contribution in [0.5, 0.6) is 0 Å². The summed E-state index contributed by atoms with van der Waals surface area (Å²) in [5.41, 5.74) is 0. The Morgan fingerprint density at radius 1 is 1.00 bits per heavy atom. The highest BCUT2D eigenvalue weighted by Crippen LogP contribution is 2.57. The van der Waals surface area contributed by atoms with Gasteiger partial charge in [0.25, 0.3) is 0 Å². The molecule has 0 heterocycles. The number of ether oxygens (including phenoxy) is 1. The molecule has 0 radical (unpaired) electrons. The molecule has 0 aliphatic carbocycles. The molecule has 0 N–H and O–H groups in total. The van der Waals surface area contributed by atoms with Crippen molar-refractivity contribution in [1.29, 1.82) is 0 Å². The average Bonchev–Trinajstić information content (AvgIpc) is 2.34.